The van der Waals surface area contributed by atoms with Crippen molar-refractivity contribution in [3.05, 3.63) is 75.7 Å². The summed E-state index contributed by atoms with van der Waals surface area (Å²) in [5.41, 5.74) is 4.75. The zero-order valence-electron chi connectivity index (χ0n) is 19.8. The van der Waals surface area contributed by atoms with Gasteiger partial charge in [0, 0.05) is 10.4 Å². The van der Waals surface area contributed by atoms with Crippen LogP contribution >= 0.6 is 11.3 Å². The summed E-state index contributed by atoms with van der Waals surface area (Å²) >= 11 is 1.47. The van der Waals surface area contributed by atoms with Crippen LogP contribution in [0.15, 0.2) is 64.8 Å². The number of hydrogen-bond acceptors (Lipinski definition) is 7. The average molecular weight is 491 g/mol. The fraction of sp³-hybridized carbons (Fsp3) is 0.231. The van der Waals surface area contributed by atoms with E-state index in [-0.39, 0.29) is 12.1 Å². The van der Waals surface area contributed by atoms with Gasteiger partial charge in [-0.05, 0) is 50.1 Å². The second-order valence-corrected chi connectivity index (χ2v) is 8.83. The van der Waals surface area contributed by atoms with Gasteiger partial charge in [-0.2, -0.15) is 5.10 Å². The number of hydrogen-bond donors (Lipinski definition) is 1. The van der Waals surface area contributed by atoms with Gasteiger partial charge in [0.1, 0.15) is 11.4 Å². The Bertz CT molecular complexity index is 1430. The van der Waals surface area contributed by atoms with E-state index < -0.39 is 5.91 Å². The molecule has 0 aliphatic carbocycles. The lowest BCUT2D eigenvalue weighted by Gasteiger charge is -2.11. The summed E-state index contributed by atoms with van der Waals surface area (Å²) < 4.78 is 12.5. The van der Waals surface area contributed by atoms with Gasteiger partial charge < -0.3 is 9.47 Å². The highest BCUT2D eigenvalue weighted by Crippen LogP contribution is 2.35. The highest BCUT2D eigenvalue weighted by molar-refractivity contribution is 7.19. The molecule has 0 unspecified atom stereocenters. The van der Waals surface area contributed by atoms with Crippen molar-refractivity contribution in [1.82, 2.24) is 15.0 Å². The van der Waals surface area contributed by atoms with Crippen LogP contribution in [0.1, 0.15) is 24.3 Å². The number of aromatic nitrogens is 2. The number of nitrogens with one attached hydrogen (secondary N) is 1. The number of amides is 1. The number of fused-ring (bicyclic) bond motifs is 1. The molecule has 0 aliphatic rings. The molecule has 35 heavy (non-hydrogen) atoms. The largest absolute Gasteiger partial charge is 0.490 e. The molecule has 1 amide bonds. The molecule has 0 fully saturated rings. The molecule has 0 radical (unpaired) electrons. The van der Waals surface area contributed by atoms with E-state index in [1.165, 1.54) is 28.4 Å². The topological polar surface area (TPSA) is 94.8 Å². The number of ether oxygens (including phenoxy) is 2. The fourth-order valence-electron chi connectivity index (χ4n) is 3.72. The van der Waals surface area contributed by atoms with Crippen LogP contribution in [0.2, 0.25) is 0 Å². The minimum atomic E-state index is -0.436. The highest BCUT2D eigenvalue weighted by atomic mass is 32.1. The standard InChI is InChI=1S/C26H26N4O4S/c1-4-33-20-12-11-18(13-21(20)34-5-2)14-28-29-22(31)15-30-16-27-25-24(26(30)32)23(17(3)35-25)19-9-7-6-8-10-19/h6-14,16H,4-5,15H2,1-3H3,(H,29,31)/b28-14-. The van der Waals surface area contributed by atoms with Crippen LogP contribution in [0, 0.1) is 6.92 Å². The molecule has 2 aromatic carbocycles. The van der Waals surface area contributed by atoms with Crippen LogP contribution in [0.3, 0.4) is 0 Å². The number of nitrogens with zero attached hydrogens (tertiary/aromatic N) is 3. The highest BCUT2D eigenvalue weighted by Gasteiger charge is 2.17. The van der Waals surface area contributed by atoms with Gasteiger partial charge >= 0.3 is 0 Å². The molecule has 4 aromatic rings. The van der Waals surface area contributed by atoms with Gasteiger partial charge in [0.15, 0.2) is 11.5 Å². The van der Waals surface area contributed by atoms with Crippen LogP contribution in [0.25, 0.3) is 21.3 Å². The number of hydrazone groups is 1. The van der Waals surface area contributed by atoms with Gasteiger partial charge in [-0.15, -0.1) is 11.3 Å². The van der Waals surface area contributed by atoms with Crippen LogP contribution in [0.5, 0.6) is 11.5 Å². The maximum absolute atomic E-state index is 13.2. The monoisotopic (exact) mass is 490 g/mol. The molecule has 0 aliphatic heterocycles. The Morgan fingerprint density at radius 3 is 2.60 bits per heavy atom. The molecular weight excluding hydrogens is 464 g/mol. The summed E-state index contributed by atoms with van der Waals surface area (Å²) in [5.74, 6) is 0.820. The molecule has 9 heteroatoms. The van der Waals surface area contributed by atoms with E-state index in [4.69, 9.17) is 9.47 Å². The summed E-state index contributed by atoms with van der Waals surface area (Å²) in [6.45, 7) is 6.60. The number of rotatable bonds is 9. The molecule has 8 nitrogen and oxygen atoms in total. The van der Waals surface area contributed by atoms with E-state index in [9.17, 15) is 9.59 Å². The molecule has 180 valence electrons. The van der Waals surface area contributed by atoms with E-state index in [2.05, 4.69) is 15.5 Å². The molecule has 0 bridgehead atoms. The predicted octanol–water partition coefficient (Wildman–Crippen LogP) is 4.38. The first-order chi connectivity index (χ1) is 17.0. The number of carbonyl (C=O) groups is 1. The summed E-state index contributed by atoms with van der Waals surface area (Å²) in [4.78, 5) is 31.8. The lowest BCUT2D eigenvalue weighted by atomic mass is 10.0. The summed E-state index contributed by atoms with van der Waals surface area (Å²) in [6, 6.07) is 15.1. The second kappa shape index (κ2) is 11.0. The first kappa shape index (κ1) is 24.2. The quantitative estimate of drug-likeness (QED) is 0.278. The van der Waals surface area contributed by atoms with Crippen molar-refractivity contribution in [3.8, 4) is 22.6 Å². The lowest BCUT2D eigenvalue weighted by Crippen LogP contribution is -2.30. The van der Waals surface area contributed by atoms with Gasteiger partial charge in [-0.25, -0.2) is 10.4 Å². The van der Waals surface area contributed by atoms with Gasteiger partial charge in [0.2, 0.25) is 0 Å². The summed E-state index contributed by atoms with van der Waals surface area (Å²) in [5, 5.41) is 4.54. The van der Waals surface area contributed by atoms with Crippen LogP contribution < -0.4 is 20.5 Å². The average Bonchev–Trinajstić information content (AvgIpc) is 3.20. The van der Waals surface area contributed by atoms with Crippen molar-refractivity contribution in [3.63, 3.8) is 0 Å². The summed E-state index contributed by atoms with van der Waals surface area (Å²) in [6.07, 6.45) is 2.91. The van der Waals surface area contributed by atoms with Crippen molar-refractivity contribution in [2.75, 3.05) is 13.2 Å². The number of aryl methyl sites for hydroxylation is 1. The molecule has 0 atom stereocenters. The molecule has 2 heterocycles. The van der Waals surface area contributed by atoms with Gasteiger partial charge in [0.25, 0.3) is 11.5 Å². The van der Waals surface area contributed by atoms with E-state index >= 15 is 0 Å². The Balaban J connectivity index is 1.51. The van der Waals surface area contributed by atoms with Crippen molar-refractivity contribution in [2.24, 2.45) is 5.10 Å². The van der Waals surface area contributed by atoms with Crippen LogP contribution in [0.4, 0.5) is 0 Å². The zero-order valence-corrected chi connectivity index (χ0v) is 20.6. The maximum atomic E-state index is 13.2. The normalized spacial score (nSPS) is 11.2. The van der Waals surface area contributed by atoms with E-state index in [1.54, 1.807) is 12.1 Å². The molecule has 4 rings (SSSR count). The molecule has 0 spiro atoms. The van der Waals surface area contributed by atoms with Crippen molar-refractivity contribution in [2.45, 2.75) is 27.3 Å². The first-order valence-electron chi connectivity index (χ1n) is 11.3. The minimum Gasteiger partial charge on any atom is -0.490 e. The third kappa shape index (κ3) is 5.41. The number of benzene rings is 2. The fourth-order valence-corrected chi connectivity index (χ4v) is 4.72. The molecule has 0 saturated heterocycles. The second-order valence-electron chi connectivity index (χ2n) is 7.62. The van der Waals surface area contributed by atoms with Gasteiger partial charge in [-0.1, -0.05) is 30.3 Å². The lowest BCUT2D eigenvalue weighted by molar-refractivity contribution is -0.121. The number of carbonyl (C=O) groups excluding carboxylic acids is 1. The Morgan fingerprint density at radius 2 is 1.86 bits per heavy atom. The molecule has 0 saturated carbocycles. The number of thiophene rings is 1. The van der Waals surface area contributed by atoms with E-state index in [0.29, 0.717) is 34.9 Å². The van der Waals surface area contributed by atoms with E-state index in [1.807, 2.05) is 57.2 Å². The van der Waals surface area contributed by atoms with Crippen molar-refractivity contribution in [1.29, 1.82) is 0 Å². The third-order valence-corrected chi connectivity index (χ3v) is 6.21. The summed E-state index contributed by atoms with van der Waals surface area (Å²) in [7, 11) is 0. The Kier molecular flexibility index (Phi) is 7.57. The molecule has 2 aromatic heterocycles. The first-order valence-corrected chi connectivity index (χ1v) is 12.1. The molecular formula is C26H26N4O4S. The maximum Gasteiger partial charge on any atom is 0.263 e. The van der Waals surface area contributed by atoms with E-state index in [0.717, 1.165) is 21.6 Å². The Morgan fingerprint density at radius 1 is 1.11 bits per heavy atom. The Hall–Kier alpha value is -3.98. The Labute approximate surface area is 206 Å². The van der Waals surface area contributed by atoms with Crippen molar-refractivity contribution >= 4 is 33.7 Å². The molecule has 1 N–H and O–H groups in total. The third-order valence-electron chi connectivity index (χ3n) is 5.20. The van der Waals surface area contributed by atoms with Crippen molar-refractivity contribution < 1.29 is 14.3 Å². The van der Waals surface area contributed by atoms with Gasteiger partial charge in [-0.3, -0.25) is 14.2 Å². The zero-order chi connectivity index (χ0) is 24.8. The minimum absolute atomic E-state index is 0.199. The predicted molar refractivity (Wildman–Crippen MR) is 139 cm³/mol. The van der Waals surface area contributed by atoms with Gasteiger partial charge in [0.05, 0.1) is 31.1 Å². The van der Waals surface area contributed by atoms with Crippen LogP contribution in [-0.4, -0.2) is 34.9 Å². The smallest absolute Gasteiger partial charge is 0.263 e. The van der Waals surface area contributed by atoms with Crippen LogP contribution in [-0.2, 0) is 11.3 Å². The SMILES string of the molecule is CCOc1ccc(/C=N\NC(=O)Cn2cnc3sc(C)c(-c4ccccc4)c3c2=O)cc1OCC.